The zero-order valence-corrected chi connectivity index (χ0v) is 13.2. The molecule has 112 valence electrons. The third kappa shape index (κ3) is 3.42. The van der Waals surface area contributed by atoms with Crippen molar-refractivity contribution in [1.82, 2.24) is 0 Å². The molecular formula is C19H29F. The van der Waals surface area contributed by atoms with Crippen molar-refractivity contribution in [2.24, 2.45) is 11.8 Å². The summed E-state index contributed by atoms with van der Waals surface area (Å²) in [5.41, 5.74) is 2.85. The molecule has 0 aromatic heterocycles. The molecular weight excluding hydrogens is 247 g/mol. The highest BCUT2D eigenvalue weighted by atomic mass is 19.1. The van der Waals surface area contributed by atoms with Gasteiger partial charge in [-0.15, -0.1) is 0 Å². The van der Waals surface area contributed by atoms with Crippen LogP contribution in [0.2, 0.25) is 0 Å². The molecule has 1 aromatic carbocycles. The first kappa shape index (κ1) is 15.5. The lowest BCUT2D eigenvalue weighted by molar-refractivity contribution is 0.0986. The zero-order chi connectivity index (χ0) is 14.5. The van der Waals surface area contributed by atoms with Crippen molar-refractivity contribution in [2.45, 2.75) is 71.4 Å². The minimum absolute atomic E-state index is 0.515. The average molecular weight is 276 g/mol. The van der Waals surface area contributed by atoms with Crippen molar-refractivity contribution in [3.63, 3.8) is 0 Å². The summed E-state index contributed by atoms with van der Waals surface area (Å²) in [7, 11) is 0. The standard InChI is InChI=1S/C17H23F.C2H6/c1-12-2-4-13(5-3-12)16-10-11-17(16)14-6-8-15(18)9-7-14;1-2/h2-5,14-17H,6-11H2,1H3;1-2H3/t14?,15?,16-,17?;/m0./s1. The van der Waals surface area contributed by atoms with E-state index in [-0.39, 0.29) is 0 Å². The average Bonchev–Trinajstić information content (AvgIpc) is 2.45. The van der Waals surface area contributed by atoms with Gasteiger partial charge in [-0.05, 0) is 68.8 Å². The Bertz CT molecular complexity index is 387. The predicted octanol–water partition coefficient (Wildman–Crippen LogP) is 6.04. The van der Waals surface area contributed by atoms with Crippen molar-refractivity contribution in [3.05, 3.63) is 35.4 Å². The predicted molar refractivity (Wildman–Crippen MR) is 84.8 cm³/mol. The van der Waals surface area contributed by atoms with E-state index < -0.39 is 6.17 Å². The summed E-state index contributed by atoms with van der Waals surface area (Å²) in [6.45, 7) is 6.14. The van der Waals surface area contributed by atoms with Gasteiger partial charge >= 0.3 is 0 Å². The monoisotopic (exact) mass is 276 g/mol. The Morgan fingerprint density at radius 1 is 0.850 bits per heavy atom. The third-order valence-corrected chi connectivity index (χ3v) is 5.14. The Hall–Kier alpha value is -0.850. The largest absolute Gasteiger partial charge is 0.247 e. The number of rotatable bonds is 2. The smallest absolute Gasteiger partial charge is 0.100 e. The number of hydrogen-bond donors (Lipinski definition) is 0. The van der Waals surface area contributed by atoms with Gasteiger partial charge in [-0.25, -0.2) is 4.39 Å². The molecule has 2 saturated carbocycles. The first-order valence-electron chi connectivity index (χ1n) is 8.44. The summed E-state index contributed by atoms with van der Waals surface area (Å²) in [5, 5.41) is 0. The molecule has 0 aliphatic heterocycles. The van der Waals surface area contributed by atoms with E-state index in [0.29, 0.717) is 0 Å². The summed E-state index contributed by atoms with van der Waals surface area (Å²) < 4.78 is 13.2. The SMILES string of the molecule is CC.Cc1ccc([C@@H]2CCC2C2CCC(F)CC2)cc1. The van der Waals surface area contributed by atoms with Gasteiger partial charge in [0.2, 0.25) is 0 Å². The summed E-state index contributed by atoms with van der Waals surface area (Å²) in [6, 6.07) is 9.05. The molecule has 2 aliphatic carbocycles. The van der Waals surface area contributed by atoms with E-state index in [4.69, 9.17) is 0 Å². The molecule has 2 fully saturated rings. The molecule has 1 heteroatoms. The van der Waals surface area contributed by atoms with E-state index in [1.165, 1.54) is 24.0 Å². The second kappa shape index (κ2) is 7.24. The van der Waals surface area contributed by atoms with Crippen LogP contribution < -0.4 is 0 Å². The van der Waals surface area contributed by atoms with E-state index in [9.17, 15) is 4.39 Å². The normalized spacial score (nSPS) is 32.8. The highest BCUT2D eigenvalue weighted by molar-refractivity contribution is 5.27. The molecule has 3 rings (SSSR count). The highest BCUT2D eigenvalue weighted by Crippen LogP contribution is 2.50. The van der Waals surface area contributed by atoms with E-state index >= 15 is 0 Å². The quantitative estimate of drug-likeness (QED) is 0.617. The van der Waals surface area contributed by atoms with Gasteiger partial charge in [0.05, 0.1) is 0 Å². The minimum atomic E-state index is -0.515. The molecule has 0 amide bonds. The van der Waals surface area contributed by atoms with Gasteiger partial charge in [0, 0.05) is 0 Å². The first-order chi connectivity index (χ1) is 9.74. The maximum Gasteiger partial charge on any atom is 0.100 e. The van der Waals surface area contributed by atoms with Crippen LogP contribution in [0.1, 0.15) is 69.4 Å². The fraction of sp³-hybridized carbons (Fsp3) is 0.684. The van der Waals surface area contributed by atoms with Crippen LogP contribution in [0, 0.1) is 18.8 Å². The molecule has 2 aliphatic rings. The van der Waals surface area contributed by atoms with Crippen LogP contribution >= 0.6 is 0 Å². The van der Waals surface area contributed by atoms with Crippen molar-refractivity contribution in [1.29, 1.82) is 0 Å². The van der Waals surface area contributed by atoms with Gasteiger partial charge in [0.25, 0.3) is 0 Å². The van der Waals surface area contributed by atoms with Gasteiger partial charge in [-0.1, -0.05) is 43.7 Å². The number of benzene rings is 1. The Morgan fingerprint density at radius 2 is 1.45 bits per heavy atom. The van der Waals surface area contributed by atoms with Crippen molar-refractivity contribution < 1.29 is 4.39 Å². The number of halogens is 1. The van der Waals surface area contributed by atoms with E-state index in [1.54, 1.807) is 0 Å². The highest BCUT2D eigenvalue weighted by Gasteiger charge is 2.39. The van der Waals surface area contributed by atoms with Crippen LogP contribution in [0.25, 0.3) is 0 Å². The van der Waals surface area contributed by atoms with Crippen LogP contribution in [0.4, 0.5) is 4.39 Å². The summed E-state index contributed by atoms with van der Waals surface area (Å²) in [6.07, 6.45) is 6.04. The number of aryl methyl sites for hydroxylation is 1. The van der Waals surface area contributed by atoms with Crippen LogP contribution in [0.15, 0.2) is 24.3 Å². The fourth-order valence-electron chi connectivity index (χ4n) is 3.82. The van der Waals surface area contributed by atoms with Crippen LogP contribution in [-0.4, -0.2) is 6.17 Å². The second-order valence-electron chi connectivity index (χ2n) is 6.27. The molecule has 0 saturated heterocycles. The summed E-state index contributed by atoms with van der Waals surface area (Å²) >= 11 is 0. The summed E-state index contributed by atoms with van der Waals surface area (Å²) in [4.78, 5) is 0. The molecule has 0 radical (unpaired) electrons. The third-order valence-electron chi connectivity index (χ3n) is 5.14. The first-order valence-corrected chi connectivity index (χ1v) is 8.44. The Balaban J connectivity index is 0.000000704. The van der Waals surface area contributed by atoms with Gasteiger partial charge in [0.15, 0.2) is 0 Å². The lowest BCUT2D eigenvalue weighted by Crippen LogP contribution is -2.33. The van der Waals surface area contributed by atoms with Gasteiger partial charge in [-0.3, -0.25) is 0 Å². The molecule has 2 atom stereocenters. The number of hydrogen-bond acceptors (Lipinski definition) is 0. The molecule has 0 nitrogen and oxygen atoms in total. The molecule has 0 bridgehead atoms. The molecule has 1 aromatic rings. The van der Waals surface area contributed by atoms with E-state index in [1.807, 2.05) is 13.8 Å². The second-order valence-corrected chi connectivity index (χ2v) is 6.27. The Kier molecular flexibility index (Phi) is 5.63. The fourth-order valence-corrected chi connectivity index (χ4v) is 3.82. The van der Waals surface area contributed by atoms with Crippen molar-refractivity contribution in [3.8, 4) is 0 Å². The molecule has 20 heavy (non-hydrogen) atoms. The Morgan fingerprint density at radius 3 is 1.95 bits per heavy atom. The minimum Gasteiger partial charge on any atom is -0.247 e. The van der Waals surface area contributed by atoms with Crippen molar-refractivity contribution >= 4 is 0 Å². The lowest BCUT2D eigenvalue weighted by Gasteiger charge is -2.44. The van der Waals surface area contributed by atoms with Crippen LogP contribution in [0.3, 0.4) is 0 Å². The van der Waals surface area contributed by atoms with Gasteiger partial charge in [0.1, 0.15) is 6.17 Å². The van der Waals surface area contributed by atoms with Crippen LogP contribution in [0.5, 0.6) is 0 Å². The Labute approximate surface area is 123 Å². The zero-order valence-electron chi connectivity index (χ0n) is 13.2. The number of alkyl halides is 1. The summed E-state index contributed by atoms with van der Waals surface area (Å²) in [5.74, 6) is 2.38. The molecule has 0 N–H and O–H groups in total. The van der Waals surface area contributed by atoms with Crippen molar-refractivity contribution in [2.75, 3.05) is 0 Å². The topological polar surface area (TPSA) is 0 Å². The molecule has 0 heterocycles. The van der Waals surface area contributed by atoms with E-state index in [2.05, 4.69) is 31.2 Å². The lowest BCUT2D eigenvalue weighted by atomic mass is 9.61. The maximum atomic E-state index is 13.2. The van der Waals surface area contributed by atoms with Gasteiger partial charge < -0.3 is 0 Å². The molecule has 1 unspecified atom stereocenters. The van der Waals surface area contributed by atoms with Crippen LogP contribution in [-0.2, 0) is 0 Å². The van der Waals surface area contributed by atoms with Gasteiger partial charge in [-0.2, -0.15) is 0 Å². The molecule has 0 spiro atoms. The van der Waals surface area contributed by atoms with E-state index in [0.717, 1.165) is 43.4 Å². The maximum absolute atomic E-state index is 13.2.